The van der Waals surface area contributed by atoms with Crippen LogP contribution in [-0.2, 0) is 10.0 Å². The van der Waals surface area contributed by atoms with Crippen LogP contribution in [0.1, 0.15) is 23.4 Å². The smallest absolute Gasteiger partial charge is 0.263 e. The van der Waals surface area contributed by atoms with E-state index in [-0.39, 0.29) is 6.04 Å². The normalized spacial score (nSPS) is 19.9. The highest BCUT2D eigenvalue weighted by atomic mass is 32.2. The molecule has 0 saturated carbocycles. The molecule has 0 amide bonds. The van der Waals surface area contributed by atoms with Gasteiger partial charge in [-0.3, -0.25) is 9.71 Å². The number of nitrogens with zero attached hydrogens (tertiary/aromatic N) is 1. The van der Waals surface area contributed by atoms with Gasteiger partial charge in [-0.15, -0.1) is 11.3 Å². The minimum Gasteiger partial charge on any atom is -0.263 e. The van der Waals surface area contributed by atoms with E-state index in [1.54, 1.807) is 29.5 Å². The van der Waals surface area contributed by atoms with Crippen LogP contribution in [0.5, 0.6) is 0 Å². The highest BCUT2D eigenvalue weighted by Gasteiger charge is 2.30. The van der Waals surface area contributed by atoms with E-state index in [4.69, 9.17) is 0 Å². The van der Waals surface area contributed by atoms with Crippen LogP contribution in [0.2, 0.25) is 0 Å². The highest BCUT2D eigenvalue weighted by Crippen LogP contribution is 2.26. The second kappa shape index (κ2) is 4.47. The topological polar surface area (TPSA) is 58.5 Å². The Morgan fingerprint density at radius 3 is 2.74 bits per heavy atom. The van der Waals surface area contributed by atoms with Crippen molar-refractivity contribution >= 4 is 27.2 Å². The van der Waals surface area contributed by atoms with Crippen molar-refractivity contribution in [2.24, 2.45) is 4.99 Å². The molecule has 1 aromatic heterocycles. The van der Waals surface area contributed by atoms with Gasteiger partial charge >= 0.3 is 0 Å². The SMILES string of the molecule is C[C@H](N=C1NS(=O)(=O)c2ccccc21)c1cccs1. The van der Waals surface area contributed by atoms with Gasteiger partial charge in [-0.1, -0.05) is 18.2 Å². The van der Waals surface area contributed by atoms with Crippen LogP contribution in [-0.4, -0.2) is 14.3 Å². The summed E-state index contributed by atoms with van der Waals surface area (Å²) in [6.45, 7) is 1.95. The lowest BCUT2D eigenvalue weighted by Gasteiger charge is -2.05. The Labute approximate surface area is 115 Å². The monoisotopic (exact) mass is 292 g/mol. The predicted octanol–water partition coefficient (Wildman–Crippen LogP) is 2.55. The summed E-state index contributed by atoms with van der Waals surface area (Å²) in [5.74, 6) is 0.427. The zero-order chi connectivity index (χ0) is 13.5. The number of aliphatic imine (C=N–C) groups is 1. The molecule has 98 valence electrons. The molecule has 1 aliphatic rings. The van der Waals surface area contributed by atoms with Crippen molar-refractivity contribution in [1.82, 2.24) is 4.72 Å². The van der Waals surface area contributed by atoms with Crippen LogP contribution in [0.25, 0.3) is 0 Å². The molecule has 0 aliphatic carbocycles. The molecular weight excluding hydrogens is 280 g/mol. The second-order valence-electron chi connectivity index (χ2n) is 4.27. The van der Waals surface area contributed by atoms with Crippen molar-refractivity contribution in [3.63, 3.8) is 0 Å². The maximum atomic E-state index is 11.9. The molecule has 1 aliphatic heterocycles. The van der Waals surface area contributed by atoms with Gasteiger partial charge in [-0.2, -0.15) is 0 Å². The molecule has 2 heterocycles. The molecule has 6 heteroatoms. The van der Waals surface area contributed by atoms with Crippen molar-refractivity contribution in [1.29, 1.82) is 0 Å². The molecular formula is C13H12N2O2S2. The number of thiophene rings is 1. The number of rotatable bonds is 2. The average Bonchev–Trinajstić information content (AvgIpc) is 2.98. The fourth-order valence-electron chi connectivity index (χ4n) is 2.02. The molecule has 0 spiro atoms. The van der Waals surface area contributed by atoms with E-state index in [0.717, 1.165) is 4.88 Å². The Kier molecular flexibility index (Phi) is 2.91. The van der Waals surface area contributed by atoms with E-state index < -0.39 is 10.0 Å². The first kappa shape index (κ1) is 12.4. The Bertz CT molecular complexity index is 734. The molecule has 3 rings (SSSR count). The Balaban J connectivity index is 2.05. The van der Waals surface area contributed by atoms with Crippen LogP contribution >= 0.6 is 11.3 Å². The lowest BCUT2D eigenvalue weighted by atomic mass is 10.2. The summed E-state index contributed by atoms with van der Waals surface area (Å²) in [5.41, 5.74) is 0.644. The van der Waals surface area contributed by atoms with Gasteiger partial charge in [0.1, 0.15) is 5.84 Å². The molecule has 0 bridgehead atoms. The first-order valence-corrected chi connectivity index (χ1v) is 8.17. The molecule has 0 fully saturated rings. The molecule has 0 unspecified atom stereocenters. The quantitative estimate of drug-likeness (QED) is 0.924. The van der Waals surface area contributed by atoms with Crippen LogP contribution in [0.4, 0.5) is 0 Å². The minimum atomic E-state index is -3.45. The maximum absolute atomic E-state index is 11.9. The van der Waals surface area contributed by atoms with Gasteiger partial charge in [0.25, 0.3) is 10.0 Å². The molecule has 4 nitrogen and oxygen atoms in total. The first-order valence-electron chi connectivity index (χ1n) is 5.81. The number of fused-ring (bicyclic) bond motifs is 1. The van der Waals surface area contributed by atoms with E-state index in [1.165, 1.54) is 0 Å². The van der Waals surface area contributed by atoms with Crippen LogP contribution < -0.4 is 4.72 Å². The summed E-state index contributed by atoms with van der Waals surface area (Å²) in [4.78, 5) is 5.90. The predicted molar refractivity (Wildman–Crippen MR) is 76.0 cm³/mol. The number of benzene rings is 1. The molecule has 2 aromatic rings. The number of hydrogen-bond acceptors (Lipinski definition) is 4. The third-order valence-electron chi connectivity index (χ3n) is 2.94. The highest BCUT2D eigenvalue weighted by molar-refractivity contribution is 7.90. The lowest BCUT2D eigenvalue weighted by molar-refractivity contribution is 0.595. The Morgan fingerprint density at radius 1 is 1.21 bits per heavy atom. The van der Waals surface area contributed by atoms with Gasteiger partial charge in [0, 0.05) is 10.4 Å². The van der Waals surface area contributed by atoms with Crippen LogP contribution in [0, 0.1) is 0 Å². The van der Waals surface area contributed by atoms with Gasteiger partial charge in [-0.05, 0) is 30.5 Å². The molecule has 1 atom stereocenters. The summed E-state index contributed by atoms with van der Waals surface area (Å²) in [6, 6.07) is 10.8. The Hall–Kier alpha value is -1.66. The fourth-order valence-corrected chi connectivity index (χ4v) is 3.98. The number of nitrogens with one attached hydrogen (secondary N) is 1. The zero-order valence-electron chi connectivity index (χ0n) is 10.2. The summed E-state index contributed by atoms with van der Waals surface area (Å²) in [5, 5.41) is 1.98. The Morgan fingerprint density at radius 2 is 2.00 bits per heavy atom. The third kappa shape index (κ3) is 2.17. The van der Waals surface area contributed by atoms with Crippen molar-refractivity contribution < 1.29 is 8.42 Å². The number of sulfonamides is 1. The number of amidine groups is 1. The van der Waals surface area contributed by atoms with Gasteiger partial charge in [0.15, 0.2) is 0 Å². The standard InChI is InChI=1S/C13H12N2O2S2/c1-9(11-6-4-8-18-11)14-13-10-5-2-3-7-12(10)19(16,17)15-13/h2-9H,1H3,(H,14,15)/t9-/m0/s1. The summed E-state index contributed by atoms with van der Waals surface area (Å²) >= 11 is 1.61. The average molecular weight is 292 g/mol. The van der Waals surface area contributed by atoms with Gasteiger partial charge in [-0.25, -0.2) is 8.42 Å². The zero-order valence-corrected chi connectivity index (χ0v) is 11.8. The lowest BCUT2D eigenvalue weighted by Crippen LogP contribution is -2.22. The number of hydrogen-bond donors (Lipinski definition) is 1. The largest absolute Gasteiger partial charge is 0.263 e. The van der Waals surface area contributed by atoms with Gasteiger partial charge in [0.05, 0.1) is 10.9 Å². The summed E-state index contributed by atoms with van der Waals surface area (Å²) in [7, 11) is -3.45. The van der Waals surface area contributed by atoms with Crippen LogP contribution in [0.15, 0.2) is 51.7 Å². The maximum Gasteiger partial charge on any atom is 0.263 e. The van der Waals surface area contributed by atoms with E-state index in [2.05, 4.69) is 9.71 Å². The van der Waals surface area contributed by atoms with E-state index in [9.17, 15) is 8.42 Å². The second-order valence-corrected chi connectivity index (χ2v) is 6.90. The van der Waals surface area contributed by atoms with Crippen molar-refractivity contribution in [2.45, 2.75) is 17.9 Å². The van der Waals surface area contributed by atoms with E-state index >= 15 is 0 Å². The summed E-state index contributed by atoms with van der Waals surface area (Å²) in [6.07, 6.45) is 0. The molecule has 19 heavy (non-hydrogen) atoms. The van der Waals surface area contributed by atoms with Crippen LogP contribution in [0.3, 0.4) is 0 Å². The van der Waals surface area contributed by atoms with Crippen molar-refractivity contribution in [3.8, 4) is 0 Å². The fraction of sp³-hybridized carbons (Fsp3) is 0.154. The van der Waals surface area contributed by atoms with Gasteiger partial charge in [0.2, 0.25) is 0 Å². The first-order chi connectivity index (χ1) is 9.08. The molecule has 1 N–H and O–H groups in total. The molecule has 0 saturated heterocycles. The van der Waals surface area contributed by atoms with Crippen molar-refractivity contribution in [2.75, 3.05) is 0 Å². The van der Waals surface area contributed by atoms with Crippen molar-refractivity contribution in [3.05, 3.63) is 52.2 Å². The van der Waals surface area contributed by atoms with Gasteiger partial charge < -0.3 is 0 Å². The minimum absolute atomic E-state index is 0.0659. The summed E-state index contributed by atoms with van der Waals surface area (Å²) < 4.78 is 26.4. The third-order valence-corrected chi connectivity index (χ3v) is 5.38. The molecule has 0 radical (unpaired) electrons. The molecule has 1 aromatic carbocycles. The van der Waals surface area contributed by atoms with E-state index in [0.29, 0.717) is 16.3 Å². The van der Waals surface area contributed by atoms with E-state index in [1.807, 2.05) is 30.5 Å².